The Morgan fingerprint density at radius 1 is 1.29 bits per heavy atom. The van der Waals surface area contributed by atoms with Crippen LogP contribution in [-0.2, 0) is 16.7 Å². The van der Waals surface area contributed by atoms with Gasteiger partial charge in [-0.1, -0.05) is 23.7 Å². The number of aryl methyl sites for hydroxylation is 1. The summed E-state index contributed by atoms with van der Waals surface area (Å²) in [5.74, 6) is 0.857. The van der Waals surface area contributed by atoms with Crippen molar-refractivity contribution < 1.29 is 4.74 Å². The summed E-state index contributed by atoms with van der Waals surface area (Å²) in [4.78, 5) is 4.92. The molecule has 3 rings (SSSR count). The lowest BCUT2D eigenvalue weighted by Crippen LogP contribution is -2.41. The standard InChI is InChI=1S/C21H30ClN5O/c1-2-23-20(24-10-4-12-27-13-5-11-26-27)25-17-21(8-14-28-15-9-21)18-6-3-7-19(22)16-18/h3,5-7,11,13,16H,2,4,8-10,12,14-15,17H2,1H3,(H2,23,24,25). The van der Waals surface area contributed by atoms with Gasteiger partial charge in [0, 0.05) is 55.7 Å². The molecule has 0 atom stereocenters. The Labute approximate surface area is 172 Å². The second-order valence-electron chi connectivity index (χ2n) is 7.15. The second kappa shape index (κ2) is 10.5. The van der Waals surface area contributed by atoms with Crippen molar-refractivity contribution in [3.63, 3.8) is 0 Å². The first-order chi connectivity index (χ1) is 13.7. The molecule has 0 aliphatic carbocycles. The summed E-state index contributed by atoms with van der Waals surface area (Å²) >= 11 is 6.27. The minimum Gasteiger partial charge on any atom is -0.381 e. The van der Waals surface area contributed by atoms with Crippen LogP contribution < -0.4 is 10.6 Å². The van der Waals surface area contributed by atoms with Crippen molar-refractivity contribution in [2.24, 2.45) is 4.99 Å². The minimum atomic E-state index is -0.0272. The Bertz CT molecular complexity index is 741. The molecule has 1 aliphatic rings. The van der Waals surface area contributed by atoms with Gasteiger partial charge in [0.25, 0.3) is 0 Å². The molecule has 1 fully saturated rings. The van der Waals surface area contributed by atoms with Crippen molar-refractivity contribution in [1.82, 2.24) is 20.4 Å². The quantitative estimate of drug-likeness (QED) is 0.403. The van der Waals surface area contributed by atoms with Crippen molar-refractivity contribution in [2.75, 3.05) is 32.8 Å². The van der Waals surface area contributed by atoms with Gasteiger partial charge in [0.15, 0.2) is 5.96 Å². The van der Waals surface area contributed by atoms with Gasteiger partial charge in [-0.25, -0.2) is 0 Å². The number of rotatable bonds is 8. The van der Waals surface area contributed by atoms with Crippen molar-refractivity contribution in [3.8, 4) is 0 Å². The summed E-state index contributed by atoms with van der Waals surface area (Å²) in [7, 11) is 0. The molecule has 7 heteroatoms. The van der Waals surface area contributed by atoms with Crippen LogP contribution in [0.15, 0.2) is 47.7 Å². The largest absolute Gasteiger partial charge is 0.381 e. The van der Waals surface area contributed by atoms with E-state index in [0.717, 1.165) is 63.1 Å². The molecule has 2 heterocycles. The van der Waals surface area contributed by atoms with Crippen LogP contribution in [0.25, 0.3) is 0 Å². The van der Waals surface area contributed by atoms with E-state index in [1.807, 2.05) is 35.3 Å². The Morgan fingerprint density at radius 3 is 2.86 bits per heavy atom. The van der Waals surface area contributed by atoms with Crippen LogP contribution in [-0.4, -0.2) is 48.6 Å². The topological polar surface area (TPSA) is 63.5 Å². The lowest BCUT2D eigenvalue weighted by atomic mass is 9.74. The van der Waals surface area contributed by atoms with Gasteiger partial charge in [-0.3, -0.25) is 9.67 Å². The van der Waals surface area contributed by atoms with E-state index in [9.17, 15) is 0 Å². The average Bonchev–Trinajstić information content (AvgIpc) is 3.23. The van der Waals surface area contributed by atoms with Gasteiger partial charge in [-0.05, 0) is 49.9 Å². The number of nitrogens with zero attached hydrogens (tertiary/aromatic N) is 3. The zero-order valence-electron chi connectivity index (χ0n) is 16.5. The van der Waals surface area contributed by atoms with Crippen molar-refractivity contribution >= 4 is 17.6 Å². The Kier molecular flexibility index (Phi) is 7.74. The molecule has 28 heavy (non-hydrogen) atoms. The molecule has 0 amide bonds. The van der Waals surface area contributed by atoms with E-state index in [2.05, 4.69) is 34.8 Å². The lowest BCUT2D eigenvalue weighted by molar-refractivity contribution is 0.0531. The highest BCUT2D eigenvalue weighted by Gasteiger charge is 2.34. The fourth-order valence-corrected chi connectivity index (χ4v) is 3.76. The van der Waals surface area contributed by atoms with Gasteiger partial charge in [0.2, 0.25) is 0 Å². The van der Waals surface area contributed by atoms with Crippen molar-refractivity contribution in [1.29, 1.82) is 0 Å². The van der Waals surface area contributed by atoms with Crippen LogP contribution >= 0.6 is 11.6 Å². The Hall–Kier alpha value is -2.05. The fourth-order valence-electron chi connectivity index (χ4n) is 3.57. The SMILES string of the molecule is CCNC(=NCC1(c2cccc(Cl)c2)CCOCC1)NCCCn1cccn1. The van der Waals surface area contributed by atoms with Crippen LogP contribution in [0.1, 0.15) is 31.7 Å². The summed E-state index contributed by atoms with van der Waals surface area (Å²) in [5, 5.41) is 11.8. The molecule has 1 aromatic heterocycles. The third-order valence-corrected chi connectivity index (χ3v) is 5.42. The summed E-state index contributed by atoms with van der Waals surface area (Å²) in [6.45, 7) is 6.89. The van der Waals surface area contributed by atoms with E-state index < -0.39 is 0 Å². The van der Waals surface area contributed by atoms with Crippen molar-refractivity contribution in [2.45, 2.75) is 38.1 Å². The molecule has 0 spiro atoms. The molecule has 2 aromatic rings. The first-order valence-corrected chi connectivity index (χ1v) is 10.4. The number of aliphatic imine (C=N–C) groups is 1. The number of guanidine groups is 1. The highest BCUT2D eigenvalue weighted by molar-refractivity contribution is 6.30. The van der Waals surface area contributed by atoms with Gasteiger partial charge >= 0.3 is 0 Å². The number of ether oxygens (including phenoxy) is 1. The highest BCUT2D eigenvalue weighted by atomic mass is 35.5. The fraction of sp³-hybridized carbons (Fsp3) is 0.524. The normalized spacial score (nSPS) is 16.7. The lowest BCUT2D eigenvalue weighted by Gasteiger charge is -2.36. The van der Waals surface area contributed by atoms with E-state index in [1.54, 1.807) is 0 Å². The number of aromatic nitrogens is 2. The smallest absolute Gasteiger partial charge is 0.191 e. The van der Waals surface area contributed by atoms with Gasteiger partial charge in [0.05, 0.1) is 6.54 Å². The molecule has 0 saturated carbocycles. The summed E-state index contributed by atoms with van der Waals surface area (Å²) in [6.07, 6.45) is 6.69. The molecule has 2 N–H and O–H groups in total. The van der Waals surface area contributed by atoms with E-state index in [0.29, 0.717) is 6.54 Å². The molecule has 0 bridgehead atoms. The van der Waals surface area contributed by atoms with Crippen LogP contribution in [0.3, 0.4) is 0 Å². The molecular weight excluding hydrogens is 374 g/mol. The van der Waals surface area contributed by atoms with Gasteiger partial charge < -0.3 is 15.4 Å². The number of nitrogens with one attached hydrogen (secondary N) is 2. The third-order valence-electron chi connectivity index (χ3n) is 5.19. The predicted molar refractivity (Wildman–Crippen MR) is 114 cm³/mol. The maximum atomic E-state index is 6.27. The number of benzene rings is 1. The Morgan fingerprint density at radius 2 is 2.14 bits per heavy atom. The molecule has 0 unspecified atom stereocenters. The zero-order chi connectivity index (χ0) is 19.7. The molecule has 1 saturated heterocycles. The van der Waals surface area contributed by atoms with Crippen LogP contribution in [0.5, 0.6) is 0 Å². The molecule has 152 valence electrons. The van der Waals surface area contributed by atoms with Gasteiger partial charge in [0.1, 0.15) is 0 Å². The summed E-state index contributed by atoms with van der Waals surface area (Å²) < 4.78 is 7.57. The highest BCUT2D eigenvalue weighted by Crippen LogP contribution is 2.36. The number of hydrogen-bond donors (Lipinski definition) is 2. The number of hydrogen-bond acceptors (Lipinski definition) is 3. The van der Waals surface area contributed by atoms with E-state index in [4.69, 9.17) is 21.3 Å². The van der Waals surface area contributed by atoms with Crippen molar-refractivity contribution in [3.05, 3.63) is 53.3 Å². The maximum Gasteiger partial charge on any atom is 0.191 e. The van der Waals surface area contributed by atoms with E-state index in [1.165, 1.54) is 5.56 Å². The van der Waals surface area contributed by atoms with Gasteiger partial charge in [-0.15, -0.1) is 0 Å². The minimum absolute atomic E-state index is 0.0272. The molecule has 1 aromatic carbocycles. The first kappa shape index (κ1) is 20.7. The van der Waals surface area contributed by atoms with Gasteiger partial charge in [-0.2, -0.15) is 5.10 Å². The third kappa shape index (κ3) is 5.72. The zero-order valence-corrected chi connectivity index (χ0v) is 17.3. The van der Waals surface area contributed by atoms with E-state index in [-0.39, 0.29) is 5.41 Å². The first-order valence-electron chi connectivity index (χ1n) is 10.1. The second-order valence-corrected chi connectivity index (χ2v) is 7.58. The van der Waals surface area contributed by atoms with Crippen LogP contribution in [0.2, 0.25) is 5.02 Å². The summed E-state index contributed by atoms with van der Waals surface area (Å²) in [6, 6.07) is 10.1. The maximum absolute atomic E-state index is 6.27. The van der Waals surface area contributed by atoms with E-state index >= 15 is 0 Å². The molecule has 0 radical (unpaired) electrons. The summed E-state index contributed by atoms with van der Waals surface area (Å²) in [5.41, 5.74) is 1.22. The molecule has 1 aliphatic heterocycles. The average molecular weight is 404 g/mol. The molecule has 6 nitrogen and oxygen atoms in total. The predicted octanol–water partition coefficient (Wildman–Crippen LogP) is 3.23. The Balaban J connectivity index is 1.64. The number of halogens is 1. The monoisotopic (exact) mass is 403 g/mol. The molecular formula is C21H30ClN5O. The van der Waals surface area contributed by atoms with Crippen LogP contribution in [0, 0.1) is 0 Å². The van der Waals surface area contributed by atoms with Crippen LogP contribution in [0.4, 0.5) is 0 Å².